The van der Waals surface area contributed by atoms with Gasteiger partial charge in [-0.3, -0.25) is 0 Å². The highest BCUT2D eigenvalue weighted by Gasteiger charge is 2.29. The fraction of sp³-hybridized carbons (Fsp3) is 0.500. The van der Waals surface area contributed by atoms with Crippen molar-refractivity contribution in [1.82, 2.24) is 0 Å². The molecule has 0 saturated heterocycles. The predicted molar refractivity (Wildman–Crippen MR) is 63.0 cm³/mol. The minimum absolute atomic E-state index is 0.258. The first kappa shape index (κ1) is 11.2. The van der Waals surface area contributed by atoms with E-state index in [2.05, 4.69) is 5.32 Å². The van der Waals surface area contributed by atoms with Gasteiger partial charge in [0.2, 0.25) is 0 Å². The lowest BCUT2D eigenvalue weighted by molar-refractivity contribution is 0.0329. The average Bonchev–Trinajstić information content (AvgIpc) is 2.18. The van der Waals surface area contributed by atoms with Gasteiger partial charge in [-0.15, -0.1) is 0 Å². The molecule has 16 heavy (non-hydrogen) atoms. The van der Waals surface area contributed by atoms with Gasteiger partial charge in [-0.1, -0.05) is 0 Å². The number of nitrogens with one attached hydrogen (secondary N) is 1. The van der Waals surface area contributed by atoms with Gasteiger partial charge in [0.25, 0.3) is 0 Å². The van der Waals surface area contributed by atoms with Crippen molar-refractivity contribution >= 4 is 11.4 Å². The monoisotopic (exact) mass is 224 g/mol. The molecule has 0 amide bonds. The average molecular weight is 224 g/mol. The largest absolute Gasteiger partial charge is 0.397 e. The molecule has 1 aliphatic carbocycles. The van der Waals surface area contributed by atoms with Crippen LogP contribution in [0.15, 0.2) is 12.1 Å². The smallest absolute Gasteiger partial charge is 0.128 e. The van der Waals surface area contributed by atoms with Crippen LogP contribution < -0.4 is 11.1 Å². The Bertz CT molecular complexity index is 389. The fourth-order valence-electron chi connectivity index (χ4n) is 1.92. The second-order valence-corrected chi connectivity index (χ2v) is 4.36. The quantitative estimate of drug-likeness (QED) is 0.774. The van der Waals surface area contributed by atoms with Crippen molar-refractivity contribution in [2.75, 3.05) is 18.2 Å². The number of hydrogen-bond acceptors (Lipinski definition) is 3. The molecule has 1 saturated carbocycles. The first-order valence-electron chi connectivity index (χ1n) is 5.45. The summed E-state index contributed by atoms with van der Waals surface area (Å²) in [5.41, 5.74) is 7.64. The van der Waals surface area contributed by atoms with Crippen molar-refractivity contribution in [3.8, 4) is 0 Å². The van der Waals surface area contributed by atoms with Gasteiger partial charge >= 0.3 is 0 Å². The van der Waals surface area contributed by atoms with E-state index < -0.39 is 0 Å². The summed E-state index contributed by atoms with van der Waals surface area (Å²) in [6.07, 6.45) is 2.30. The van der Waals surface area contributed by atoms with E-state index in [-0.39, 0.29) is 5.82 Å². The third kappa shape index (κ3) is 2.11. The Balaban J connectivity index is 2.02. The Morgan fingerprint density at radius 1 is 1.44 bits per heavy atom. The van der Waals surface area contributed by atoms with Crippen molar-refractivity contribution in [1.29, 1.82) is 0 Å². The van der Waals surface area contributed by atoms with Crippen LogP contribution >= 0.6 is 0 Å². The summed E-state index contributed by atoms with van der Waals surface area (Å²) in [6.45, 7) is 1.73. The van der Waals surface area contributed by atoms with Gasteiger partial charge in [-0.2, -0.15) is 0 Å². The zero-order valence-electron chi connectivity index (χ0n) is 9.59. The highest BCUT2D eigenvalue weighted by Crippen LogP contribution is 2.30. The highest BCUT2D eigenvalue weighted by atomic mass is 19.1. The summed E-state index contributed by atoms with van der Waals surface area (Å²) < 4.78 is 18.4. The maximum Gasteiger partial charge on any atom is 0.128 e. The van der Waals surface area contributed by atoms with Crippen LogP contribution in [-0.2, 0) is 4.74 Å². The lowest BCUT2D eigenvalue weighted by atomic mass is 9.89. The van der Waals surface area contributed by atoms with Crippen LogP contribution in [0.4, 0.5) is 15.8 Å². The third-order valence-electron chi connectivity index (χ3n) is 3.12. The molecule has 0 aromatic heterocycles. The molecule has 0 unspecified atom stereocenters. The van der Waals surface area contributed by atoms with Crippen molar-refractivity contribution in [2.24, 2.45) is 0 Å². The molecule has 2 rings (SSSR count). The van der Waals surface area contributed by atoms with Crippen molar-refractivity contribution < 1.29 is 9.13 Å². The molecule has 1 fully saturated rings. The number of nitrogens with two attached hydrogens (primary N) is 1. The molecule has 0 radical (unpaired) electrons. The van der Waals surface area contributed by atoms with E-state index in [0.29, 0.717) is 23.4 Å². The Labute approximate surface area is 94.8 Å². The van der Waals surface area contributed by atoms with Gasteiger partial charge in [-0.05, 0) is 37.5 Å². The topological polar surface area (TPSA) is 47.3 Å². The summed E-state index contributed by atoms with van der Waals surface area (Å²) in [7, 11) is 1.72. The number of methoxy groups -OCH3 is 1. The predicted octanol–water partition coefficient (Wildman–Crippen LogP) is 2.31. The Kier molecular flexibility index (Phi) is 3.01. The van der Waals surface area contributed by atoms with E-state index in [0.717, 1.165) is 18.5 Å². The summed E-state index contributed by atoms with van der Waals surface area (Å²) >= 11 is 0. The van der Waals surface area contributed by atoms with Crippen molar-refractivity contribution in [2.45, 2.75) is 31.9 Å². The molecular formula is C12H17FN2O. The summed E-state index contributed by atoms with van der Waals surface area (Å²) in [6, 6.07) is 3.51. The van der Waals surface area contributed by atoms with Crippen LogP contribution in [0.1, 0.15) is 18.4 Å². The standard InChI is InChI=1S/C12H17FN2O/c1-7-3-12(11(14)6-10(7)13)15-8-4-9(5-8)16-2/h3,6,8-9,15H,4-5,14H2,1-2H3. The van der Waals surface area contributed by atoms with Crippen molar-refractivity contribution in [3.05, 3.63) is 23.5 Å². The van der Waals surface area contributed by atoms with Gasteiger partial charge in [0, 0.05) is 13.2 Å². The van der Waals surface area contributed by atoms with E-state index in [1.807, 2.05) is 0 Å². The number of benzene rings is 1. The van der Waals surface area contributed by atoms with Crippen LogP contribution in [0.25, 0.3) is 0 Å². The number of rotatable bonds is 3. The fourth-order valence-corrected chi connectivity index (χ4v) is 1.92. The minimum Gasteiger partial charge on any atom is -0.397 e. The molecule has 0 aliphatic heterocycles. The van der Waals surface area contributed by atoms with Gasteiger partial charge in [0.1, 0.15) is 5.82 Å². The Morgan fingerprint density at radius 2 is 2.12 bits per heavy atom. The van der Waals surface area contributed by atoms with Crippen LogP contribution in [0, 0.1) is 12.7 Å². The SMILES string of the molecule is COC1CC(Nc2cc(C)c(F)cc2N)C1. The number of anilines is 2. The maximum absolute atomic E-state index is 13.2. The molecule has 3 N–H and O–H groups in total. The number of nitrogen functional groups attached to an aromatic ring is 1. The summed E-state index contributed by atoms with van der Waals surface area (Å²) in [5, 5.41) is 3.31. The number of ether oxygens (including phenoxy) is 1. The summed E-state index contributed by atoms with van der Waals surface area (Å²) in [5.74, 6) is -0.258. The van der Waals surface area contributed by atoms with Crippen LogP contribution in [0.2, 0.25) is 0 Å². The molecule has 1 aromatic carbocycles. The lowest BCUT2D eigenvalue weighted by Crippen LogP contribution is -2.40. The zero-order chi connectivity index (χ0) is 11.7. The molecular weight excluding hydrogens is 207 g/mol. The van der Waals surface area contributed by atoms with E-state index in [4.69, 9.17) is 10.5 Å². The molecule has 0 bridgehead atoms. The number of aryl methyl sites for hydroxylation is 1. The maximum atomic E-state index is 13.2. The van der Waals surface area contributed by atoms with Crippen LogP contribution in [0.3, 0.4) is 0 Å². The Morgan fingerprint density at radius 3 is 2.75 bits per heavy atom. The van der Waals surface area contributed by atoms with Gasteiger partial charge in [-0.25, -0.2) is 4.39 Å². The third-order valence-corrected chi connectivity index (χ3v) is 3.12. The lowest BCUT2D eigenvalue weighted by Gasteiger charge is -2.35. The number of hydrogen-bond donors (Lipinski definition) is 2. The molecule has 0 atom stereocenters. The van der Waals surface area contributed by atoms with E-state index in [9.17, 15) is 4.39 Å². The van der Waals surface area contributed by atoms with E-state index in [1.165, 1.54) is 6.07 Å². The van der Waals surface area contributed by atoms with E-state index in [1.54, 1.807) is 20.1 Å². The highest BCUT2D eigenvalue weighted by molar-refractivity contribution is 5.67. The van der Waals surface area contributed by atoms with Crippen LogP contribution in [0.5, 0.6) is 0 Å². The molecule has 1 aromatic rings. The normalized spacial score (nSPS) is 23.9. The minimum atomic E-state index is -0.258. The molecule has 4 heteroatoms. The first-order valence-corrected chi connectivity index (χ1v) is 5.45. The van der Waals surface area contributed by atoms with Gasteiger partial charge in [0.05, 0.1) is 17.5 Å². The van der Waals surface area contributed by atoms with E-state index >= 15 is 0 Å². The van der Waals surface area contributed by atoms with Gasteiger partial charge in [0.15, 0.2) is 0 Å². The second-order valence-electron chi connectivity index (χ2n) is 4.36. The van der Waals surface area contributed by atoms with Crippen molar-refractivity contribution in [3.63, 3.8) is 0 Å². The second kappa shape index (κ2) is 4.29. The molecule has 88 valence electrons. The van der Waals surface area contributed by atoms with Crippen LogP contribution in [-0.4, -0.2) is 19.3 Å². The molecule has 1 aliphatic rings. The zero-order valence-corrected chi connectivity index (χ0v) is 9.59. The van der Waals surface area contributed by atoms with Gasteiger partial charge < -0.3 is 15.8 Å². The molecule has 3 nitrogen and oxygen atoms in total. The molecule has 0 spiro atoms. The first-order chi connectivity index (χ1) is 7.60. The molecule has 0 heterocycles. The number of halogens is 1. The Hall–Kier alpha value is -1.29. The summed E-state index contributed by atoms with van der Waals surface area (Å²) in [4.78, 5) is 0.